The SMILES string of the molecule is COC(=O)C1COCCN1c1cccc(Cl)c1[N+](=O)[O-]. The van der Waals surface area contributed by atoms with Gasteiger partial charge >= 0.3 is 11.7 Å². The van der Waals surface area contributed by atoms with E-state index in [9.17, 15) is 14.9 Å². The zero-order valence-corrected chi connectivity index (χ0v) is 11.5. The number of anilines is 1. The molecule has 1 atom stereocenters. The van der Waals surface area contributed by atoms with E-state index in [-0.39, 0.29) is 17.3 Å². The molecule has 2 rings (SSSR count). The standard InChI is InChI=1S/C12H13ClN2O5/c1-19-12(16)10-7-20-6-5-14(10)9-4-2-3-8(13)11(9)15(17)18/h2-4,10H,5-7H2,1H3. The number of carbonyl (C=O) groups is 1. The molecule has 1 unspecified atom stereocenters. The molecule has 1 heterocycles. The van der Waals surface area contributed by atoms with E-state index in [1.165, 1.54) is 13.2 Å². The highest BCUT2D eigenvalue weighted by atomic mass is 35.5. The highest BCUT2D eigenvalue weighted by molar-refractivity contribution is 6.33. The smallest absolute Gasteiger partial charge is 0.330 e. The maximum absolute atomic E-state index is 11.8. The summed E-state index contributed by atoms with van der Waals surface area (Å²) < 4.78 is 9.95. The van der Waals surface area contributed by atoms with Gasteiger partial charge in [0, 0.05) is 6.54 Å². The second-order valence-electron chi connectivity index (χ2n) is 4.17. The summed E-state index contributed by atoms with van der Waals surface area (Å²) in [5, 5.41) is 11.2. The van der Waals surface area contributed by atoms with Gasteiger partial charge in [0.2, 0.25) is 0 Å². The number of hydrogen-bond donors (Lipinski definition) is 0. The topological polar surface area (TPSA) is 81.9 Å². The molecule has 0 amide bonds. The van der Waals surface area contributed by atoms with Crippen molar-refractivity contribution in [1.29, 1.82) is 0 Å². The Hall–Kier alpha value is -1.86. The van der Waals surface area contributed by atoms with E-state index in [1.54, 1.807) is 17.0 Å². The molecule has 1 aliphatic heterocycles. The van der Waals surface area contributed by atoms with Crippen LogP contribution >= 0.6 is 11.6 Å². The van der Waals surface area contributed by atoms with Gasteiger partial charge in [0.25, 0.3) is 0 Å². The highest BCUT2D eigenvalue weighted by Crippen LogP contribution is 2.36. The Morgan fingerprint density at radius 1 is 1.60 bits per heavy atom. The van der Waals surface area contributed by atoms with Crippen LogP contribution in [0.5, 0.6) is 0 Å². The minimum absolute atomic E-state index is 0.0302. The van der Waals surface area contributed by atoms with Crippen molar-refractivity contribution in [3.8, 4) is 0 Å². The maximum atomic E-state index is 11.8. The molecule has 108 valence electrons. The van der Waals surface area contributed by atoms with Gasteiger partial charge in [-0.3, -0.25) is 10.1 Å². The summed E-state index contributed by atoms with van der Waals surface area (Å²) in [6.45, 7) is 0.842. The second-order valence-corrected chi connectivity index (χ2v) is 4.58. The fourth-order valence-electron chi connectivity index (χ4n) is 2.14. The normalized spacial score (nSPS) is 18.7. The van der Waals surface area contributed by atoms with Crippen LogP contribution in [0.25, 0.3) is 0 Å². The number of esters is 1. The predicted molar refractivity (Wildman–Crippen MR) is 72.1 cm³/mol. The molecule has 1 aliphatic rings. The van der Waals surface area contributed by atoms with Gasteiger partial charge in [0.15, 0.2) is 6.04 Å². The van der Waals surface area contributed by atoms with E-state index in [0.717, 1.165) is 0 Å². The quantitative estimate of drug-likeness (QED) is 0.479. The van der Waals surface area contributed by atoms with Gasteiger partial charge in [0.1, 0.15) is 10.7 Å². The number of carbonyl (C=O) groups excluding carboxylic acids is 1. The largest absolute Gasteiger partial charge is 0.467 e. The average molecular weight is 301 g/mol. The van der Waals surface area contributed by atoms with E-state index in [0.29, 0.717) is 18.8 Å². The third-order valence-corrected chi connectivity index (χ3v) is 3.36. The van der Waals surface area contributed by atoms with Gasteiger partial charge in [-0.1, -0.05) is 17.7 Å². The van der Waals surface area contributed by atoms with Crippen LogP contribution in [0.3, 0.4) is 0 Å². The van der Waals surface area contributed by atoms with Crippen molar-refractivity contribution in [3.63, 3.8) is 0 Å². The van der Waals surface area contributed by atoms with Crippen molar-refractivity contribution in [2.24, 2.45) is 0 Å². The zero-order chi connectivity index (χ0) is 14.7. The van der Waals surface area contributed by atoms with Crippen LogP contribution in [-0.4, -0.2) is 43.8 Å². The van der Waals surface area contributed by atoms with Gasteiger partial charge in [-0.2, -0.15) is 0 Å². The van der Waals surface area contributed by atoms with Crippen LogP contribution < -0.4 is 4.90 Å². The summed E-state index contributed by atoms with van der Waals surface area (Å²) in [6.07, 6.45) is 0. The minimum Gasteiger partial charge on any atom is -0.467 e. The summed E-state index contributed by atoms with van der Waals surface area (Å²) in [4.78, 5) is 24.0. The Labute approximate surface area is 120 Å². The summed E-state index contributed by atoms with van der Waals surface area (Å²) in [5.74, 6) is -0.501. The molecule has 0 bridgehead atoms. The number of hydrogen-bond acceptors (Lipinski definition) is 6. The lowest BCUT2D eigenvalue weighted by Crippen LogP contribution is -2.50. The van der Waals surface area contributed by atoms with E-state index in [1.807, 2.05) is 0 Å². The van der Waals surface area contributed by atoms with Crippen LogP contribution in [0.4, 0.5) is 11.4 Å². The van der Waals surface area contributed by atoms with Gasteiger partial charge in [-0.15, -0.1) is 0 Å². The number of rotatable bonds is 3. The molecule has 0 N–H and O–H groups in total. The van der Waals surface area contributed by atoms with E-state index < -0.39 is 16.9 Å². The predicted octanol–water partition coefficient (Wildman–Crippen LogP) is 1.63. The second kappa shape index (κ2) is 6.06. The van der Waals surface area contributed by atoms with Crippen LogP contribution in [0.1, 0.15) is 0 Å². The van der Waals surface area contributed by atoms with Gasteiger partial charge < -0.3 is 14.4 Å². The number of nitro groups is 1. The molecular formula is C12H13ClN2O5. The molecule has 0 spiro atoms. The fourth-order valence-corrected chi connectivity index (χ4v) is 2.38. The lowest BCUT2D eigenvalue weighted by Gasteiger charge is -2.35. The van der Waals surface area contributed by atoms with Crippen molar-refractivity contribution in [2.45, 2.75) is 6.04 Å². The van der Waals surface area contributed by atoms with Gasteiger partial charge in [0.05, 0.1) is 25.2 Å². The van der Waals surface area contributed by atoms with Crippen LogP contribution in [0.2, 0.25) is 5.02 Å². The van der Waals surface area contributed by atoms with Gasteiger partial charge in [-0.25, -0.2) is 4.79 Å². The maximum Gasteiger partial charge on any atom is 0.330 e. The molecule has 0 radical (unpaired) electrons. The molecule has 1 aromatic rings. The van der Waals surface area contributed by atoms with Crippen LogP contribution in [0.15, 0.2) is 18.2 Å². The van der Waals surface area contributed by atoms with Crippen LogP contribution in [-0.2, 0) is 14.3 Å². The number of nitrogens with zero attached hydrogens (tertiary/aromatic N) is 2. The Kier molecular flexibility index (Phi) is 4.41. The molecule has 0 aromatic heterocycles. The number of para-hydroxylation sites is 1. The first kappa shape index (κ1) is 14.5. The summed E-state index contributed by atoms with van der Waals surface area (Å²) in [6, 6.07) is 3.89. The van der Waals surface area contributed by atoms with Crippen molar-refractivity contribution < 1.29 is 19.2 Å². The third kappa shape index (κ3) is 2.68. The fraction of sp³-hybridized carbons (Fsp3) is 0.417. The Balaban J connectivity index is 2.45. The molecule has 0 aliphatic carbocycles. The number of halogens is 1. The number of nitro benzene ring substituents is 1. The molecular weight excluding hydrogens is 288 g/mol. The molecule has 8 heteroatoms. The summed E-state index contributed by atoms with van der Waals surface area (Å²) >= 11 is 5.89. The number of morpholine rings is 1. The lowest BCUT2D eigenvalue weighted by atomic mass is 10.1. The van der Waals surface area contributed by atoms with Gasteiger partial charge in [-0.05, 0) is 12.1 Å². The van der Waals surface area contributed by atoms with Crippen molar-refractivity contribution in [1.82, 2.24) is 0 Å². The lowest BCUT2D eigenvalue weighted by molar-refractivity contribution is -0.384. The third-order valence-electron chi connectivity index (χ3n) is 3.06. The Bertz CT molecular complexity index is 537. The Morgan fingerprint density at radius 3 is 3.00 bits per heavy atom. The number of ether oxygens (including phenoxy) is 2. The molecule has 1 aromatic carbocycles. The molecule has 7 nitrogen and oxygen atoms in total. The molecule has 0 saturated carbocycles. The van der Waals surface area contributed by atoms with Crippen molar-refractivity contribution in [2.75, 3.05) is 31.8 Å². The average Bonchev–Trinajstić information content (AvgIpc) is 2.45. The monoisotopic (exact) mass is 300 g/mol. The van der Waals surface area contributed by atoms with E-state index >= 15 is 0 Å². The number of methoxy groups -OCH3 is 1. The van der Waals surface area contributed by atoms with E-state index in [2.05, 4.69) is 0 Å². The van der Waals surface area contributed by atoms with E-state index in [4.69, 9.17) is 21.1 Å². The summed E-state index contributed by atoms with van der Waals surface area (Å²) in [5.41, 5.74) is 0.0752. The molecule has 20 heavy (non-hydrogen) atoms. The van der Waals surface area contributed by atoms with Crippen LogP contribution in [0, 0.1) is 10.1 Å². The minimum atomic E-state index is -0.717. The number of benzene rings is 1. The first-order valence-corrected chi connectivity index (χ1v) is 6.29. The molecule has 1 saturated heterocycles. The van der Waals surface area contributed by atoms with Crippen molar-refractivity contribution >= 4 is 28.9 Å². The summed E-state index contributed by atoms with van der Waals surface area (Å²) in [7, 11) is 1.27. The van der Waals surface area contributed by atoms with Crippen molar-refractivity contribution in [3.05, 3.63) is 33.3 Å². The highest BCUT2D eigenvalue weighted by Gasteiger charge is 2.34. The zero-order valence-electron chi connectivity index (χ0n) is 10.7. The first-order valence-electron chi connectivity index (χ1n) is 5.91. The first-order chi connectivity index (χ1) is 9.56. The molecule has 1 fully saturated rings. The Morgan fingerprint density at radius 2 is 2.35 bits per heavy atom.